The fraction of sp³-hybridized carbons (Fsp3) is 0.421. The maximum atomic E-state index is 13.1. The Hall–Kier alpha value is -2.12. The van der Waals surface area contributed by atoms with Gasteiger partial charge in [0.1, 0.15) is 5.82 Å². The molecule has 3 rings (SSSR count). The molecule has 2 heterocycles. The lowest BCUT2D eigenvalue weighted by atomic mass is 10.2. The summed E-state index contributed by atoms with van der Waals surface area (Å²) in [6, 6.07) is 12.0. The van der Waals surface area contributed by atoms with Crippen LogP contribution in [0.5, 0.6) is 0 Å². The van der Waals surface area contributed by atoms with E-state index in [1.165, 1.54) is 0 Å². The van der Waals surface area contributed by atoms with Crippen LogP contribution in [0.3, 0.4) is 0 Å². The summed E-state index contributed by atoms with van der Waals surface area (Å²) in [5.74, 6) is 0.262. The van der Waals surface area contributed by atoms with Gasteiger partial charge in [0.25, 0.3) is 0 Å². The number of halogens is 3. The van der Waals surface area contributed by atoms with Gasteiger partial charge in [0, 0.05) is 38.4 Å². The summed E-state index contributed by atoms with van der Waals surface area (Å²) in [7, 11) is 0. The predicted molar refractivity (Wildman–Crippen MR) is 93.9 cm³/mol. The van der Waals surface area contributed by atoms with Crippen LogP contribution in [-0.2, 0) is 12.7 Å². The van der Waals surface area contributed by atoms with Gasteiger partial charge in [-0.15, -0.1) is 0 Å². The van der Waals surface area contributed by atoms with Gasteiger partial charge in [0.05, 0.1) is 11.7 Å². The van der Waals surface area contributed by atoms with Crippen molar-refractivity contribution in [2.24, 2.45) is 0 Å². The lowest BCUT2D eigenvalue weighted by Crippen LogP contribution is -2.34. The van der Waals surface area contributed by atoms with E-state index >= 15 is 0 Å². The molecule has 0 unspecified atom stereocenters. The highest BCUT2D eigenvalue weighted by Gasteiger charge is 2.32. The number of hydrogen-bond donors (Lipinski definition) is 1. The lowest BCUT2D eigenvalue weighted by molar-refractivity contribution is -0.137. The Morgan fingerprint density at radius 1 is 1.12 bits per heavy atom. The van der Waals surface area contributed by atoms with Crippen LogP contribution in [0.1, 0.15) is 16.8 Å². The van der Waals surface area contributed by atoms with Crippen molar-refractivity contribution in [2.45, 2.75) is 25.7 Å². The Bertz CT molecular complexity index is 737. The number of benzene rings is 1. The van der Waals surface area contributed by atoms with Crippen LogP contribution in [-0.4, -0.2) is 47.3 Å². The second-order valence-corrected chi connectivity index (χ2v) is 6.67. The first-order chi connectivity index (χ1) is 12.3. The third-order valence-corrected chi connectivity index (χ3v) is 4.43. The van der Waals surface area contributed by atoms with Crippen LogP contribution in [0.2, 0.25) is 0 Å². The van der Waals surface area contributed by atoms with Gasteiger partial charge >= 0.3 is 6.18 Å². The predicted octanol–water partition coefficient (Wildman–Crippen LogP) is 3.09. The van der Waals surface area contributed by atoms with E-state index in [0.29, 0.717) is 31.9 Å². The lowest BCUT2D eigenvalue weighted by Gasteiger charge is -2.24. The number of aromatic nitrogens is 1. The van der Waals surface area contributed by atoms with Crippen molar-refractivity contribution in [1.82, 2.24) is 9.88 Å². The van der Waals surface area contributed by atoms with Gasteiger partial charge in [-0.2, -0.15) is 13.2 Å². The van der Waals surface area contributed by atoms with E-state index in [-0.39, 0.29) is 12.4 Å². The van der Waals surface area contributed by atoms with E-state index in [9.17, 15) is 18.3 Å². The molecule has 1 saturated heterocycles. The first kappa shape index (κ1) is 18.7. The molecule has 1 aliphatic rings. The number of pyridine rings is 1. The van der Waals surface area contributed by atoms with Crippen molar-refractivity contribution < 1.29 is 18.3 Å². The van der Waals surface area contributed by atoms with Gasteiger partial charge in [-0.3, -0.25) is 4.90 Å². The SMILES string of the molecule is Cc1cc(C(F)(F)F)cc(N2CCN(Cc3ccccc3)C[C@@H](O)C2)n1. The molecule has 0 saturated carbocycles. The first-order valence-corrected chi connectivity index (χ1v) is 8.56. The Kier molecular flexibility index (Phi) is 5.48. The number of hydrogen-bond acceptors (Lipinski definition) is 4. The van der Waals surface area contributed by atoms with E-state index in [1.54, 1.807) is 11.8 Å². The molecule has 26 heavy (non-hydrogen) atoms. The molecule has 1 aromatic carbocycles. The zero-order valence-electron chi connectivity index (χ0n) is 14.6. The van der Waals surface area contributed by atoms with Crippen molar-refractivity contribution in [2.75, 3.05) is 31.1 Å². The number of anilines is 1. The van der Waals surface area contributed by atoms with Crippen LogP contribution < -0.4 is 4.90 Å². The average molecular weight is 365 g/mol. The van der Waals surface area contributed by atoms with Crippen molar-refractivity contribution in [3.8, 4) is 0 Å². The fourth-order valence-electron chi connectivity index (χ4n) is 3.22. The van der Waals surface area contributed by atoms with Gasteiger partial charge in [0.15, 0.2) is 0 Å². The molecule has 1 aliphatic heterocycles. The Morgan fingerprint density at radius 2 is 1.85 bits per heavy atom. The van der Waals surface area contributed by atoms with Gasteiger partial charge < -0.3 is 10.0 Å². The van der Waals surface area contributed by atoms with Crippen LogP contribution in [0, 0.1) is 6.92 Å². The summed E-state index contributed by atoms with van der Waals surface area (Å²) in [5.41, 5.74) is 0.746. The Balaban J connectivity index is 1.75. The van der Waals surface area contributed by atoms with Crippen molar-refractivity contribution in [3.63, 3.8) is 0 Å². The minimum Gasteiger partial charge on any atom is -0.390 e. The summed E-state index contributed by atoms with van der Waals surface area (Å²) < 4.78 is 39.2. The van der Waals surface area contributed by atoms with Gasteiger partial charge in [-0.05, 0) is 24.6 Å². The highest BCUT2D eigenvalue weighted by atomic mass is 19.4. The molecule has 7 heteroatoms. The van der Waals surface area contributed by atoms with E-state index in [2.05, 4.69) is 9.88 Å². The Labute approximate surface area is 150 Å². The third kappa shape index (κ3) is 4.74. The zero-order chi connectivity index (χ0) is 18.7. The molecule has 0 aliphatic carbocycles. The van der Waals surface area contributed by atoms with E-state index in [1.807, 2.05) is 30.3 Å². The molecule has 1 aromatic heterocycles. The van der Waals surface area contributed by atoms with E-state index in [4.69, 9.17) is 0 Å². The van der Waals surface area contributed by atoms with Gasteiger partial charge in [-0.1, -0.05) is 30.3 Å². The number of aliphatic hydroxyl groups excluding tert-OH is 1. The fourth-order valence-corrected chi connectivity index (χ4v) is 3.22. The normalized spacial score (nSPS) is 19.4. The van der Waals surface area contributed by atoms with Crippen LogP contribution in [0.4, 0.5) is 19.0 Å². The molecule has 0 spiro atoms. The number of aliphatic hydroxyl groups is 1. The summed E-state index contributed by atoms with van der Waals surface area (Å²) in [4.78, 5) is 8.10. The molecule has 4 nitrogen and oxygen atoms in total. The second-order valence-electron chi connectivity index (χ2n) is 6.67. The zero-order valence-corrected chi connectivity index (χ0v) is 14.6. The molecule has 1 atom stereocenters. The summed E-state index contributed by atoms with van der Waals surface area (Å²) in [5, 5.41) is 10.3. The van der Waals surface area contributed by atoms with E-state index < -0.39 is 17.8 Å². The average Bonchev–Trinajstić information content (AvgIpc) is 2.76. The molecule has 0 radical (unpaired) electrons. The Morgan fingerprint density at radius 3 is 2.54 bits per heavy atom. The van der Waals surface area contributed by atoms with Crippen molar-refractivity contribution >= 4 is 5.82 Å². The highest BCUT2D eigenvalue weighted by molar-refractivity contribution is 5.44. The van der Waals surface area contributed by atoms with Crippen LogP contribution in [0.15, 0.2) is 42.5 Å². The van der Waals surface area contributed by atoms with Gasteiger partial charge in [-0.25, -0.2) is 4.98 Å². The molecule has 140 valence electrons. The molecular weight excluding hydrogens is 343 g/mol. The highest BCUT2D eigenvalue weighted by Crippen LogP contribution is 2.32. The maximum absolute atomic E-state index is 13.1. The molecule has 2 aromatic rings. The van der Waals surface area contributed by atoms with Gasteiger partial charge in [0.2, 0.25) is 0 Å². The smallest absolute Gasteiger partial charge is 0.390 e. The minimum absolute atomic E-state index is 0.262. The quantitative estimate of drug-likeness (QED) is 0.907. The van der Waals surface area contributed by atoms with Crippen LogP contribution in [0.25, 0.3) is 0 Å². The number of aryl methyl sites for hydroxylation is 1. The standard InChI is InChI=1S/C19H22F3N3O/c1-14-9-16(19(20,21)22)10-18(23-14)25-8-7-24(12-17(26)13-25)11-15-5-3-2-4-6-15/h2-6,9-10,17,26H,7-8,11-13H2,1H3/t17-/m1/s1. The maximum Gasteiger partial charge on any atom is 0.416 e. The van der Waals surface area contributed by atoms with E-state index in [0.717, 1.165) is 17.7 Å². The number of alkyl halides is 3. The second kappa shape index (κ2) is 7.63. The summed E-state index contributed by atoms with van der Waals surface area (Å²) in [6.45, 7) is 4.14. The third-order valence-electron chi connectivity index (χ3n) is 4.43. The molecule has 0 amide bonds. The molecular formula is C19H22F3N3O. The first-order valence-electron chi connectivity index (χ1n) is 8.56. The number of β-amino-alcohol motifs (C(OH)–C–C–N with tert-alkyl or cyclic N) is 1. The monoisotopic (exact) mass is 365 g/mol. The summed E-state index contributed by atoms with van der Waals surface area (Å²) >= 11 is 0. The minimum atomic E-state index is -4.41. The largest absolute Gasteiger partial charge is 0.416 e. The molecule has 0 bridgehead atoms. The number of nitrogens with zero attached hydrogens (tertiary/aromatic N) is 3. The van der Waals surface area contributed by atoms with Crippen molar-refractivity contribution in [1.29, 1.82) is 0 Å². The number of rotatable bonds is 3. The molecule has 1 N–H and O–H groups in total. The topological polar surface area (TPSA) is 39.6 Å². The van der Waals surface area contributed by atoms with Crippen LogP contribution >= 0.6 is 0 Å². The summed E-state index contributed by atoms with van der Waals surface area (Å²) in [6.07, 6.45) is -5.07. The molecule has 1 fully saturated rings. The van der Waals surface area contributed by atoms with Crippen molar-refractivity contribution in [3.05, 3.63) is 59.3 Å².